The van der Waals surface area contributed by atoms with Crippen molar-refractivity contribution in [2.24, 2.45) is 0 Å². The standard InChI is InChI=1S/C23H19F3N4O/c1-14-3-5-16(6-4-14)19-11-18(12-21-27-9-10-30(19)21)22(31)29-15(2)17-7-8-20(28-13-17)23(24,25)26/h3-13,15H,1-2H3,(H,29,31)/t15-/m1/s1. The molecule has 3 heterocycles. The number of hydrogen-bond acceptors (Lipinski definition) is 3. The highest BCUT2D eigenvalue weighted by molar-refractivity contribution is 5.96. The van der Waals surface area contributed by atoms with Gasteiger partial charge in [-0.1, -0.05) is 35.9 Å². The second kappa shape index (κ2) is 7.86. The number of nitrogens with one attached hydrogen (secondary N) is 1. The third kappa shape index (κ3) is 4.28. The molecular weight excluding hydrogens is 405 g/mol. The van der Waals surface area contributed by atoms with Crippen LogP contribution in [-0.2, 0) is 6.18 Å². The zero-order valence-corrected chi connectivity index (χ0v) is 16.8. The summed E-state index contributed by atoms with van der Waals surface area (Å²) in [5.74, 6) is -0.355. The van der Waals surface area contributed by atoms with Gasteiger partial charge < -0.3 is 5.32 Å². The molecule has 31 heavy (non-hydrogen) atoms. The number of rotatable bonds is 4. The maximum absolute atomic E-state index is 12.9. The zero-order valence-electron chi connectivity index (χ0n) is 16.8. The lowest BCUT2D eigenvalue weighted by Crippen LogP contribution is -2.27. The fourth-order valence-corrected chi connectivity index (χ4v) is 3.29. The van der Waals surface area contributed by atoms with Gasteiger partial charge in [-0.2, -0.15) is 13.2 Å². The third-order valence-corrected chi connectivity index (χ3v) is 5.04. The van der Waals surface area contributed by atoms with Gasteiger partial charge in [0.1, 0.15) is 11.3 Å². The quantitative estimate of drug-likeness (QED) is 0.489. The number of carbonyl (C=O) groups is 1. The van der Waals surface area contributed by atoms with Crippen molar-refractivity contribution in [1.82, 2.24) is 19.7 Å². The zero-order chi connectivity index (χ0) is 22.2. The van der Waals surface area contributed by atoms with E-state index in [1.807, 2.05) is 41.8 Å². The van der Waals surface area contributed by atoms with Crippen LogP contribution in [0.5, 0.6) is 0 Å². The largest absolute Gasteiger partial charge is 0.433 e. The summed E-state index contributed by atoms with van der Waals surface area (Å²) >= 11 is 0. The molecule has 8 heteroatoms. The topological polar surface area (TPSA) is 59.3 Å². The molecule has 0 aliphatic rings. The Balaban J connectivity index is 1.61. The number of benzene rings is 1. The SMILES string of the molecule is Cc1ccc(-c2cc(C(=O)N[C@H](C)c3ccc(C(F)(F)F)nc3)cc3nccn23)cc1. The summed E-state index contributed by atoms with van der Waals surface area (Å²) in [5.41, 5.74) is 3.39. The van der Waals surface area contributed by atoms with Crippen molar-refractivity contribution in [3.8, 4) is 11.3 Å². The molecule has 0 bridgehead atoms. The van der Waals surface area contributed by atoms with Crippen molar-refractivity contribution in [2.45, 2.75) is 26.1 Å². The number of carbonyl (C=O) groups excluding carboxylic acids is 1. The summed E-state index contributed by atoms with van der Waals surface area (Å²) in [4.78, 5) is 20.7. The lowest BCUT2D eigenvalue weighted by Gasteiger charge is -2.16. The minimum absolute atomic E-state index is 0.355. The van der Waals surface area contributed by atoms with E-state index in [0.717, 1.165) is 29.1 Å². The van der Waals surface area contributed by atoms with Gasteiger partial charge in [0, 0.05) is 24.2 Å². The Kier molecular flexibility index (Phi) is 5.22. The van der Waals surface area contributed by atoms with Crippen LogP contribution in [0.3, 0.4) is 0 Å². The van der Waals surface area contributed by atoms with Crippen LogP contribution < -0.4 is 5.32 Å². The van der Waals surface area contributed by atoms with Crippen LogP contribution in [0.4, 0.5) is 13.2 Å². The van der Waals surface area contributed by atoms with Crippen molar-refractivity contribution in [2.75, 3.05) is 0 Å². The normalized spacial score (nSPS) is 12.7. The molecule has 1 aromatic carbocycles. The van der Waals surface area contributed by atoms with E-state index < -0.39 is 17.9 Å². The number of alkyl halides is 3. The first-order valence-corrected chi connectivity index (χ1v) is 9.60. The van der Waals surface area contributed by atoms with E-state index >= 15 is 0 Å². The van der Waals surface area contributed by atoms with Crippen LogP contribution in [0.15, 0.2) is 67.1 Å². The second-order valence-corrected chi connectivity index (χ2v) is 7.32. The summed E-state index contributed by atoms with van der Waals surface area (Å²) < 4.78 is 40.0. The molecule has 0 spiro atoms. The summed E-state index contributed by atoms with van der Waals surface area (Å²) in [6, 6.07) is 13.1. The highest BCUT2D eigenvalue weighted by Gasteiger charge is 2.32. The van der Waals surface area contributed by atoms with Gasteiger partial charge in [-0.25, -0.2) is 4.98 Å². The molecule has 0 fully saturated rings. The Labute approximate surface area is 176 Å². The van der Waals surface area contributed by atoms with Gasteiger partial charge in [0.2, 0.25) is 0 Å². The summed E-state index contributed by atoms with van der Waals surface area (Å²) in [6.45, 7) is 3.69. The van der Waals surface area contributed by atoms with Crippen LogP contribution in [0.2, 0.25) is 0 Å². The molecule has 4 aromatic rings. The number of nitrogens with zero attached hydrogens (tertiary/aromatic N) is 3. The van der Waals surface area contributed by atoms with Gasteiger partial charge in [-0.3, -0.25) is 14.2 Å². The Morgan fingerprint density at radius 2 is 1.81 bits per heavy atom. The third-order valence-electron chi connectivity index (χ3n) is 5.04. The van der Waals surface area contributed by atoms with Crippen LogP contribution in [0.25, 0.3) is 16.9 Å². The minimum Gasteiger partial charge on any atom is -0.345 e. The first kappa shape index (κ1) is 20.6. The number of hydrogen-bond donors (Lipinski definition) is 1. The van der Waals surface area contributed by atoms with Gasteiger partial charge in [0.05, 0.1) is 11.7 Å². The van der Waals surface area contributed by atoms with Crippen molar-refractivity contribution in [3.63, 3.8) is 0 Å². The highest BCUT2D eigenvalue weighted by Crippen LogP contribution is 2.28. The molecular formula is C23H19F3N4O. The van der Waals surface area contributed by atoms with E-state index in [1.54, 1.807) is 25.3 Å². The molecule has 1 atom stereocenters. The Bertz CT molecular complexity index is 1230. The van der Waals surface area contributed by atoms with Gasteiger partial charge >= 0.3 is 6.18 Å². The van der Waals surface area contributed by atoms with E-state index in [2.05, 4.69) is 15.3 Å². The Morgan fingerprint density at radius 3 is 2.45 bits per heavy atom. The Hall–Kier alpha value is -3.68. The molecule has 0 aliphatic heterocycles. The van der Waals surface area contributed by atoms with E-state index in [9.17, 15) is 18.0 Å². The number of imidazole rings is 1. The van der Waals surface area contributed by atoms with Gasteiger partial charge in [0.15, 0.2) is 0 Å². The number of pyridine rings is 2. The van der Waals surface area contributed by atoms with E-state index in [0.29, 0.717) is 16.8 Å². The summed E-state index contributed by atoms with van der Waals surface area (Å²) in [7, 11) is 0. The van der Waals surface area contributed by atoms with Crippen LogP contribution in [-0.4, -0.2) is 20.3 Å². The smallest absolute Gasteiger partial charge is 0.345 e. The molecule has 0 saturated carbocycles. The average Bonchev–Trinajstić information content (AvgIpc) is 3.22. The van der Waals surface area contributed by atoms with Gasteiger partial charge in [-0.15, -0.1) is 0 Å². The fraction of sp³-hybridized carbons (Fsp3) is 0.174. The van der Waals surface area contributed by atoms with Crippen LogP contribution >= 0.6 is 0 Å². The average molecular weight is 424 g/mol. The van der Waals surface area contributed by atoms with Crippen molar-refractivity contribution in [3.05, 3.63) is 89.5 Å². The number of halogens is 3. The number of aryl methyl sites for hydroxylation is 1. The Morgan fingerprint density at radius 1 is 1.06 bits per heavy atom. The number of aromatic nitrogens is 3. The minimum atomic E-state index is -4.50. The molecule has 5 nitrogen and oxygen atoms in total. The first-order valence-electron chi connectivity index (χ1n) is 9.60. The summed E-state index contributed by atoms with van der Waals surface area (Å²) in [5, 5.41) is 2.82. The van der Waals surface area contributed by atoms with Gasteiger partial charge in [0.25, 0.3) is 5.91 Å². The lowest BCUT2D eigenvalue weighted by atomic mass is 10.1. The molecule has 0 radical (unpaired) electrons. The van der Waals surface area contributed by atoms with Gasteiger partial charge in [-0.05, 0) is 43.2 Å². The highest BCUT2D eigenvalue weighted by atomic mass is 19.4. The first-order chi connectivity index (χ1) is 14.7. The maximum Gasteiger partial charge on any atom is 0.433 e. The predicted molar refractivity (Wildman–Crippen MR) is 110 cm³/mol. The molecule has 3 aromatic heterocycles. The molecule has 158 valence electrons. The second-order valence-electron chi connectivity index (χ2n) is 7.32. The van der Waals surface area contributed by atoms with Crippen molar-refractivity contribution >= 4 is 11.6 Å². The molecule has 0 aliphatic carbocycles. The van der Waals surface area contributed by atoms with Crippen molar-refractivity contribution in [1.29, 1.82) is 0 Å². The van der Waals surface area contributed by atoms with E-state index in [1.165, 1.54) is 6.07 Å². The lowest BCUT2D eigenvalue weighted by molar-refractivity contribution is -0.141. The monoisotopic (exact) mass is 424 g/mol. The molecule has 4 rings (SSSR count). The van der Waals surface area contributed by atoms with Crippen LogP contribution in [0.1, 0.15) is 40.1 Å². The molecule has 0 saturated heterocycles. The molecule has 0 unspecified atom stereocenters. The molecule has 1 amide bonds. The van der Waals surface area contributed by atoms with E-state index in [4.69, 9.17) is 0 Å². The molecule has 1 N–H and O–H groups in total. The summed E-state index contributed by atoms with van der Waals surface area (Å²) in [6.07, 6.45) is 0.105. The predicted octanol–water partition coefficient (Wildman–Crippen LogP) is 5.21. The number of fused-ring (bicyclic) bond motifs is 1. The number of amides is 1. The fourth-order valence-electron chi connectivity index (χ4n) is 3.29. The van der Waals surface area contributed by atoms with Crippen molar-refractivity contribution < 1.29 is 18.0 Å². The maximum atomic E-state index is 12.9. The van der Waals surface area contributed by atoms with Crippen LogP contribution in [0, 0.1) is 6.92 Å². The van der Waals surface area contributed by atoms with E-state index in [-0.39, 0.29) is 5.91 Å².